The van der Waals surface area contributed by atoms with Gasteiger partial charge in [0.2, 0.25) is 12.4 Å². The number of hydrogen-bond donors (Lipinski definition) is 4. The minimum absolute atomic E-state index is 0.00582. The number of likely N-dealkylation sites (tertiary alicyclic amines) is 2. The zero-order valence-corrected chi connectivity index (χ0v) is 32.4. The molecule has 1 amide bonds. The lowest BCUT2D eigenvalue weighted by atomic mass is 9.74. The van der Waals surface area contributed by atoms with Gasteiger partial charge >= 0.3 is 11.9 Å². The lowest BCUT2D eigenvalue weighted by Gasteiger charge is -2.43. The van der Waals surface area contributed by atoms with Crippen molar-refractivity contribution in [1.29, 1.82) is 0 Å². The maximum Gasteiger partial charge on any atom is 0.347 e. The summed E-state index contributed by atoms with van der Waals surface area (Å²) in [5, 5.41) is 17.5. The molecule has 0 bridgehead atoms. The predicted octanol–water partition coefficient (Wildman–Crippen LogP) is 4.61. The number of cyclic esters (lactones) is 1. The quantitative estimate of drug-likeness (QED) is 0.0904. The lowest BCUT2D eigenvalue weighted by molar-refractivity contribution is -0.820. The molecule has 1 aromatic heterocycles. The number of carbonyl (C=O) groups is 2. The third-order valence-electron chi connectivity index (χ3n) is 9.45. The third kappa shape index (κ3) is 10.8. The van der Waals surface area contributed by atoms with Crippen molar-refractivity contribution in [3.05, 3.63) is 42.0 Å². The molecule has 51 heavy (non-hydrogen) atoms. The summed E-state index contributed by atoms with van der Waals surface area (Å²) in [5.74, 6) is 0.146. The van der Waals surface area contributed by atoms with Gasteiger partial charge < -0.3 is 34.7 Å². The molecular weight excluding hydrogens is 671 g/mol. The van der Waals surface area contributed by atoms with Crippen LogP contribution in [-0.2, 0) is 23.7 Å². The molecule has 0 aliphatic carbocycles. The number of nitrogens with one attached hydrogen (secondary N) is 3. The summed E-state index contributed by atoms with van der Waals surface area (Å²) in [6.45, 7) is 18.4. The Balaban J connectivity index is 1.32. The molecule has 282 valence electrons. The molecular formula is C38H58N5O7S+. The number of piperidine rings is 2. The first kappa shape index (κ1) is 39.3. The van der Waals surface area contributed by atoms with E-state index in [1.807, 2.05) is 91.8 Å². The number of hydrogen-bond acceptors (Lipinski definition) is 10. The van der Waals surface area contributed by atoms with Crippen LogP contribution < -0.4 is 15.5 Å². The molecule has 1 spiro atoms. The summed E-state index contributed by atoms with van der Waals surface area (Å²) in [5.41, 5.74) is -0.283. The van der Waals surface area contributed by atoms with Gasteiger partial charge in [-0.1, -0.05) is 30.3 Å². The van der Waals surface area contributed by atoms with E-state index in [0.29, 0.717) is 29.7 Å². The molecule has 0 saturated carbocycles. The topological polar surface area (TPSA) is 135 Å². The molecule has 0 radical (unpaired) electrons. The number of ether oxygens (including phenoxy) is 4. The maximum atomic E-state index is 14.3. The van der Waals surface area contributed by atoms with Crippen LogP contribution in [0.2, 0.25) is 0 Å². The molecule has 5 rings (SSSR count). The molecule has 3 saturated heterocycles. The van der Waals surface area contributed by atoms with Gasteiger partial charge in [0.05, 0.1) is 29.7 Å². The number of guanidine groups is 1. The number of carbonyl (C=O) groups excluding carboxylic acids is 2. The molecule has 2 aromatic rings. The number of quaternary nitrogens is 1. The van der Waals surface area contributed by atoms with E-state index >= 15 is 0 Å². The summed E-state index contributed by atoms with van der Waals surface area (Å²) in [6.07, 6.45) is 2.98. The first-order valence-electron chi connectivity index (χ1n) is 18.1. The van der Waals surface area contributed by atoms with Crippen molar-refractivity contribution < 1.29 is 38.5 Å². The SMILES string of the molecule is CC(C)(C)OCOC/N=C(\Nc1sc(-c2ccccc2)cc1C(=O)[NH+]1CCC(N2CCCC3(C2)CC(C)(C)OC3=O)CC1)NC(O)OC(C)(C)C. The van der Waals surface area contributed by atoms with Crippen molar-refractivity contribution in [2.75, 3.05) is 45.0 Å². The van der Waals surface area contributed by atoms with Gasteiger partial charge in [0.15, 0.2) is 0 Å². The van der Waals surface area contributed by atoms with Gasteiger partial charge in [0.1, 0.15) is 29.7 Å². The van der Waals surface area contributed by atoms with Gasteiger partial charge in [0, 0.05) is 36.7 Å². The van der Waals surface area contributed by atoms with E-state index in [0.717, 1.165) is 60.5 Å². The number of rotatable bonds is 10. The summed E-state index contributed by atoms with van der Waals surface area (Å²) in [4.78, 5) is 36.1. The Labute approximate surface area is 306 Å². The van der Waals surface area contributed by atoms with Crippen molar-refractivity contribution in [2.45, 2.75) is 117 Å². The molecule has 3 aliphatic heterocycles. The fraction of sp³-hybridized carbons (Fsp3) is 0.658. The van der Waals surface area contributed by atoms with E-state index in [1.165, 1.54) is 11.3 Å². The lowest BCUT2D eigenvalue weighted by Crippen LogP contribution is -3.15. The average molecular weight is 729 g/mol. The highest BCUT2D eigenvalue weighted by molar-refractivity contribution is 7.20. The fourth-order valence-electron chi connectivity index (χ4n) is 7.28. The Morgan fingerprint density at radius 3 is 2.47 bits per heavy atom. The van der Waals surface area contributed by atoms with Crippen LogP contribution in [0.25, 0.3) is 10.4 Å². The van der Waals surface area contributed by atoms with Gasteiger partial charge in [-0.05, 0) is 86.4 Å². The normalized spacial score (nSPS) is 25.1. The van der Waals surface area contributed by atoms with Crippen LogP contribution in [0.15, 0.2) is 41.4 Å². The summed E-state index contributed by atoms with van der Waals surface area (Å²) in [6, 6.07) is 12.2. The molecule has 1 aromatic carbocycles. The number of anilines is 1. The second-order valence-corrected chi connectivity index (χ2v) is 17.7. The number of aliphatic hydroxyl groups excluding tert-OH is 1. The van der Waals surface area contributed by atoms with E-state index in [9.17, 15) is 14.7 Å². The summed E-state index contributed by atoms with van der Waals surface area (Å²) >= 11 is 1.45. The van der Waals surface area contributed by atoms with E-state index < -0.39 is 23.0 Å². The van der Waals surface area contributed by atoms with Crippen molar-refractivity contribution in [3.63, 3.8) is 0 Å². The number of aliphatic hydroxyl groups is 1. The van der Waals surface area contributed by atoms with Crippen molar-refractivity contribution in [3.8, 4) is 10.4 Å². The van der Waals surface area contributed by atoms with Crippen molar-refractivity contribution >= 4 is 34.2 Å². The second kappa shape index (κ2) is 16.0. The van der Waals surface area contributed by atoms with Crippen LogP contribution in [0.1, 0.15) is 97.9 Å². The predicted molar refractivity (Wildman–Crippen MR) is 199 cm³/mol. The maximum absolute atomic E-state index is 14.3. The highest BCUT2D eigenvalue weighted by atomic mass is 32.1. The molecule has 3 fully saturated rings. The minimum atomic E-state index is -1.37. The van der Waals surface area contributed by atoms with E-state index in [2.05, 4.69) is 20.5 Å². The Kier molecular flexibility index (Phi) is 12.3. The Morgan fingerprint density at radius 1 is 1.14 bits per heavy atom. The Morgan fingerprint density at radius 2 is 1.84 bits per heavy atom. The van der Waals surface area contributed by atoms with E-state index in [-0.39, 0.29) is 37.0 Å². The molecule has 4 N–H and O–H groups in total. The van der Waals surface area contributed by atoms with Gasteiger partial charge in [-0.15, -0.1) is 11.3 Å². The highest BCUT2D eigenvalue weighted by Crippen LogP contribution is 2.46. The Hall–Kier alpha value is -2.91. The minimum Gasteiger partial charge on any atom is -0.459 e. The first-order chi connectivity index (χ1) is 23.9. The van der Waals surface area contributed by atoms with Crippen LogP contribution in [-0.4, -0.2) is 96.8 Å². The zero-order chi connectivity index (χ0) is 37.0. The van der Waals surface area contributed by atoms with Gasteiger partial charge in [-0.2, -0.15) is 0 Å². The smallest absolute Gasteiger partial charge is 0.347 e. The Bertz CT molecular complexity index is 1530. The summed E-state index contributed by atoms with van der Waals surface area (Å²) in [7, 11) is 0. The number of thiophene rings is 1. The molecule has 12 nitrogen and oxygen atoms in total. The fourth-order valence-corrected chi connectivity index (χ4v) is 8.34. The number of nitrogens with zero attached hydrogens (tertiary/aromatic N) is 2. The summed E-state index contributed by atoms with van der Waals surface area (Å²) < 4.78 is 22.7. The molecule has 3 aliphatic rings. The van der Waals surface area contributed by atoms with Crippen LogP contribution in [0.4, 0.5) is 5.00 Å². The second-order valence-electron chi connectivity index (χ2n) is 16.6. The average Bonchev–Trinajstić information content (AvgIpc) is 3.55. The third-order valence-corrected chi connectivity index (χ3v) is 10.5. The largest absolute Gasteiger partial charge is 0.459 e. The van der Waals surface area contributed by atoms with Crippen LogP contribution in [0.5, 0.6) is 0 Å². The highest BCUT2D eigenvalue weighted by Gasteiger charge is 2.55. The van der Waals surface area contributed by atoms with Crippen LogP contribution >= 0.6 is 11.3 Å². The number of aliphatic imine (C=N–C) groups is 1. The molecule has 2 unspecified atom stereocenters. The van der Waals surface area contributed by atoms with Crippen molar-refractivity contribution in [1.82, 2.24) is 10.2 Å². The van der Waals surface area contributed by atoms with Gasteiger partial charge in [-0.3, -0.25) is 14.6 Å². The van der Waals surface area contributed by atoms with Crippen LogP contribution in [0.3, 0.4) is 0 Å². The van der Waals surface area contributed by atoms with E-state index in [1.54, 1.807) is 0 Å². The molecule has 2 atom stereocenters. The standard InChI is InChI=1S/C38H57N5O7S/c1-35(2,3)48-25-47-24-39-33(41-34(46)50-36(4,5)6)40-30-28(21-29(51-30)26-13-10-9-11-14-26)31(44)42-19-15-27(16-20-42)43-18-12-17-38(23-43)22-37(7,8)49-32(38)45/h9-11,13-14,21,27,34,46H,12,15-20,22-25H2,1-8H3,(H2,39,40,41)/p+1. The van der Waals surface area contributed by atoms with Gasteiger partial charge in [-0.25, -0.2) is 9.79 Å². The van der Waals surface area contributed by atoms with E-state index in [4.69, 9.17) is 18.9 Å². The molecule has 13 heteroatoms. The zero-order valence-electron chi connectivity index (χ0n) is 31.6. The first-order valence-corrected chi connectivity index (χ1v) is 19.0. The number of amides is 1. The number of esters is 1. The van der Waals surface area contributed by atoms with Crippen molar-refractivity contribution in [2.24, 2.45) is 10.4 Å². The number of benzene rings is 1. The van der Waals surface area contributed by atoms with Crippen LogP contribution in [0, 0.1) is 5.41 Å². The van der Waals surface area contributed by atoms with Gasteiger partial charge in [0.25, 0.3) is 0 Å². The monoisotopic (exact) mass is 728 g/mol. The molecule has 4 heterocycles.